The summed E-state index contributed by atoms with van der Waals surface area (Å²) in [6.07, 6.45) is 0.293. The monoisotopic (exact) mass is 344 g/mol. The number of rotatable bonds is 5. The summed E-state index contributed by atoms with van der Waals surface area (Å²) in [4.78, 5) is 25.4. The normalized spacial score (nSPS) is 10.8. The van der Waals surface area contributed by atoms with Crippen LogP contribution >= 0.6 is 11.3 Å². The van der Waals surface area contributed by atoms with E-state index in [4.69, 9.17) is 0 Å². The first-order valence-electron chi connectivity index (χ1n) is 8.04. The molecule has 1 aromatic heterocycles. The van der Waals surface area contributed by atoms with Gasteiger partial charge in [-0.2, -0.15) is 0 Å². The molecule has 2 aromatic rings. The molecule has 0 fully saturated rings. The molecule has 0 atom stereocenters. The molecule has 1 aromatic carbocycles. The molecule has 2 rings (SSSR count). The minimum Gasteiger partial charge on any atom is -0.355 e. The first kappa shape index (κ1) is 18.2. The molecule has 0 aliphatic heterocycles. The van der Waals surface area contributed by atoms with E-state index >= 15 is 0 Å². The molecule has 0 aliphatic rings. The lowest BCUT2D eigenvalue weighted by Gasteiger charge is -2.08. The first-order chi connectivity index (χ1) is 11.3. The number of hydrogen-bond donors (Lipinski definition) is 2. The molecule has 0 saturated heterocycles. The van der Waals surface area contributed by atoms with Crippen LogP contribution in [0.1, 0.15) is 51.7 Å². The summed E-state index contributed by atoms with van der Waals surface area (Å²) in [6.45, 7) is 8.14. The van der Waals surface area contributed by atoms with Gasteiger partial charge in [0, 0.05) is 11.9 Å². The number of benzene rings is 1. The summed E-state index contributed by atoms with van der Waals surface area (Å²) < 4.78 is 0. The summed E-state index contributed by atoms with van der Waals surface area (Å²) >= 11 is 1.44. The van der Waals surface area contributed by atoms with Crippen LogP contribution in [0, 0.1) is 13.8 Å². The van der Waals surface area contributed by atoms with E-state index in [-0.39, 0.29) is 11.8 Å². The first-order valence-corrected chi connectivity index (χ1v) is 8.85. The molecule has 0 radical (unpaired) electrons. The molecule has 2 N–H and O–H groups in total. The van der Waals surface area contributed by atoms with Gasteiger partial charge in [-0.1, -0.05) is 38.1 Å². The molecule has 0 unspecified atom stereocenters. The summed E-state index contributed by atoms with van der Waals surface area (Å²) in [5, 5.41) is 6.14. The Morgan fingerprint density at radius 1 is 1.12 bits per heavy atom. The van der Waals surface area contributed by atoms with Gasteiger partial charge in [-0.25, -0.2) is 0 Å². The highest BCUT2D eigenvalue weighted by atomic mass is 32.1. The van der Waals surface area contributed by atoms with Gasteiger partial charge in [-0.3, -0.25) is 9.59 Å². The van der Waals surface area contributed by atoms with Crippen molar-refractivity contribution in [2.24, 2.45) is 0 Å². The summed E-state index contributed by atoms with van der Waals surface area (Å²) in [6, 6.07) is 8.09. The van der Waals surface area contributed by atoms with Crippen molar-refractivity contribution in [2.75, 3.05) is 12.4 Å². The smallest absolute Gasteiger partial charge is 0.254 e. The van der Waals surface area contributed by atoms with Crippen molar-refractivity contribution in [3.63, 3.8) is 0 Å². The Hall–Kier alpha value is -2.14. The number of hydrogen-bond acceptors (Lipinski definition) is 3. The zero-order valence-electron chi connectivity index (χ0n) is 14.8. The number of aryl methyl sites for hydroxylation is 1. The third-order valence-electron chi connectivity index (χ3n) is 4.10. The van der Waals surface area contributed by atoms with E-state index in [2.05, 4.69) is 36.6 Å². The van der Waals surface area contributed by atoms with Gasteiger partial charge in [0.2, 0.25) is 5.91 Å². The van der Waals surface area contributed by atoms with Crippen LogP contribution in [-0.2, 0) is 11.2 Å². The molecule has 5 heteroatoms. The van der Waals surface area contributed by atoms with Crippen LogP contribution in [0.4, 0.5) is 5.00 Å². The number of anilines is 1. The third-order valence-corrected chi connectivity index (χ3v) is 5.23. The van der Waals surface area contributed by atoms with Gasteiger partial charge in [-0.05, 0) is 36.5 Å². The van der Waals surface area contributed by atoms with Crippen molar-refractivity contribution >= 4 is 28.2 Å². The predicted molar refractivity (Wildman–Crippen MR) is 100 cm³/mol. The number of amides is 2. The van der Waals surface area contributed by atoms with Gasteiger partial charge in [0.15, 0.2) is 0 Å². The standard InChI is InChI=1S/C19H24N2O2S/c1-11(2)15-8-6-14(7-9-15)10-16(22)21-19-17(18(23)20-5)12(3)13(4)24-19/h6-9,11H,10H2,1-5H3,(H,20,23)(H,21,22). The van der Waals surface area contributed by atoms with Crippen molar-refractivity contribution in [3.05, 3.63) is 51.4 Å². The Labute approximate surface area is 147 Å². The van der Waals surface area contributed by atoms with E-state index in [1.165, 1.54) is 16.9 Å². The molecular weight excluding hydrogens is 320 g/mol. The molecular formula is C19H24N2O2S. The fourth-order valence-corrected chi connectivity index (χ4v) is 3.56. The van der Waals surface area contributed by atoms with Gasteiger partial charge >= 0.3 is 0 Å². The maximum Gasteiger partial charge on any atom is 0.254 e. The van der Waals surface area contributed by atoms with E-state index in [1.54, 1.807) is 7.05 Å². The SMILES string of the molecule is CNC(=O)c1c(NC(=O)Cc2ccc(C(C)C)cc2)sc(C)c1C. The van der Waals surface area contributed by atoms with Gasteiger partial charge in [0.1, 0.15) is 5.00 Å². The fraction of sp³-hybridized carbons (Fsp3) is 0.368. The topological polar surface area (TPSA) is 58.2 Å². The molecule has 0 bridgehead atoms. The Bertz CT molecular complexity index is 745. The van der Waals surface area contributed by atoms with Crippen LogP contribution in [0.3, 0.4) is 0 Å². The maximum absolute atomic E-state index is 12.3. The van der Waals surface area contributed by atoms with Crippen molar-refractivity contribution in [1.82, 2.24) is 5.32 Å². The van der Waals surface area contributed by atoms with E-state index < -0.39 is 0 Å². The molecule has 0 spiro atoms. The predicted octanol–water partition coefficient (Wildman–Crippen LogP) is 4.03. The molecule has 4 nitrogen and oxygen atoms in total. The number of thiophene rings is 1. The fourth-order valence-electron chi connectivity index (χ4n) is 2.49. The highest BCUT2D eigenvalue weighted by Crippen LogP contribution is 2.32. The lowest BCUT2D eigenvalue weighted by atomic mass is 10.0. The summed E-state index contributed by atoms with van der Waals surface area (Å²) in [5.41, 5.74) is 3.69. The Kier molecular flexibility index (Phi) is 5.78. The summed E-state index contributed by atoms with van der Waals surface area (Å²) in [5.74, 6) is 0.187. The van der Waals surface area contributed by atoms with Gasteiger partial charge < -0.3 is 10.6 Å². The van der Waals surface area contributed by atoms with Gasteiger partial charge in [0.05, 0.1) is 12.0 Å². The molecule has 128 valence electrons. The van der Waals surface area contributed by atoms with E-state index in [0.29, 0.717) is 22.9 Å². The minimum absolute atomic E-state index is 0.112. The van der Waals surface area contributed by atoms with Crippen LogP contribution in [0.15, 0.2) is 24.3 Å². The second-order valence-corrected chi connectivity index (χ2v) is 7.41. The Balaban J connectivity index is 2.12. The second-order valence-electron chi connectivity index (χ2n) is 6.19. The van der Waals surface area contributed by atoms with Crippen LogP contribution in [0.2, 0.25) is 0 Å². The lowest BCUT2D eigenvalue weighted by molar-refractivity contribution is -0.115. The van der Waals surface area contributed by atoms with E-state index in [9.17, 15) is 9.59 Å². The van der Waals surface area contributed by atoms with Gasteiger partial charge in [0.25, 0.3) is 5.91 Å². The van der Waals surface area contributed by atoms with Crippen molar-refractivity contribution in [1.29, 1.82) is 0 Å². The van der Waals surface area contributed by atoms with Gasteiger partial charge in [-0.15, -0.1) is 11.3 Å². The number of nitrogens with one attached hydrogen (secondary N) is 2. The molecule has 1 heterocycles. The highest BCUT2D eigenvalue weighted by Gasteiger charge is 2.20. The van der Waals surface area contributed by atoms with Crippen molar-refractivity contribution in [2.45, 2.75) is 40.0 Å². The number of carbonyl (C=O) groups excluding carboxylic acids is 2. The Morgan fingerprint density at radius 2 is 1.75 bits per heavy atom. The lowest BCUT2D eigenvalue weighted by Crippen LogP contribution is -2.21. The van der Waals surface area contributed by atoms with E-state index in [0.717, 1.165) is 16.0 Å². The minimum atomic E-state index is -0.173. The third kappa shape index (κ3) is 4.03. The van der Waals surface area contributed by atoms with Crippen LogP contribution < -0.4 is 10.6 Å². The zero-order valence-corrected chi connectivity index (χ0v) is 15.6. The maximum atomic E-state index is 12.3. The molecule has 0 aliphatic carbocycles. The van der Waals surface area contributed by atoms with E-state index in [1.807, 2.05) is 26.0 Å². The Morgan fingerprint density at radius 3 is 2.29 bits per heavy atom. The average Bonchev–Trinajstić information content (AvgIpc) is 2.81. The zero-order chi connectivity index (χ0) is 17.9. The van der Waals surface area contributed by atoms with Crippen molar-refractivity contribution in [3.8, 4) is 0 Å². The molecule has 24 heavy (non-hydrogen) atoms. The van der Waals surface area contributed by atoms with Crippen LogP contribution in [-0.4, -0.2) is 18.9 Å². The number of carbonyl (C=O) groups is 2. The quantitative estimate of drug-likeness (QED) is 0.860. The average molecular weight is 344 g/mol. The second kappa shape index (κ2) is 7.62. The molecule has 0 saturated carbocycles. The largest absolute Gasteiger partial charge is 0.355 e. The molecule has 2 amide bonds. The summed E-state index contributed by atoms with van der Waals surface area (Å²) in [7, 11) is 1.59. The van der Waals surface area contributed by atoms with Crippen LogP contribution in [0.25, 0.3) is 0 Å². The highest BCUT2D eigenvalue weighted by molar-refractivity contribution is 7.16. The van der Waals surface area contributed by atoms with Crippen molar-refractivity contribution < 1.29 is 9.59 Å². The van der Waals surface area contributed by atoms with Crippen LogP contribution in [0.5, 0.6) is 0 Å².